The molecule has 1 aromatic heterocycles. The second-order valence-corrected chi connectivity index (χ2v) is 7.35. The standard InChI is InChI=1S/C21H20ClN3O5/c1-25(2)13-8-12(7-11-5-3-4-6-15(11)22)18-14(9-13)19(28)17(21(30)24-18)20(29)23-10-16(26)27/h3-6,8-9H,7,10H2,1-2H3,(H,23,29)(H,26,27)(H2,24,28,30). The summed E-state index contributed by atoms with van der Waals surface area (Å²) in [7, 11) is 3.65. The van der Waals surface area contributed by atoms with Gasteiger partial charge in [0.1, 0.15) is 17.9 Å². The van der Waals surface area contributed by atoms with Crippen molar-refractivity contribution in [3.05, 3.63) is 68.5 Å². The van der Waals surface area contributed by atoms with Crippen molar-refractivity contribution in [2.45, 2.75) is 6.42 Å². The van der Waals surface area contributed by atoms with Gasteiger partial charge in [-0.05, 0) is 29.3 Å². The maximum atomic E-state index is 12.6. The number of carboxylic acids is 1. The van der Waals surface area contributed by atoms with Gasteiger partial charge >= 0.3 is 5.97 Å². The van der Waals surface area contributed by atoms with E-state index in [0.717, 1.165) is 11.3 Å². The molecule has 0 aliphatic heterocycles. The third-order valence-electron chi connectivity index (χ3n) is 4.64. The van der Waals surface area contributed by atoms with E-state index in [9.17, 15) is 19.5 Å². The van der Waals surface area contributed by atoms with Gasteiger partial charge in [-0.25, -0.2) is 0 Å². The lowest BCUT2D eigenvalue weighted by Crippen LogP contribution is -2.33. The Morgan fingerprint density at radius 2 is 1.87 bits per heavy atom. The van der Waals surface area contributed by atoms with Gasteiger partial charge in [-0.1, -0.05) is 29.8 Å². The number of rotatable bonds is 6. The molecule has 0 saturated heterocycles. The van der Waals surface area contributed by atoms with Crippen molar-refractivity contribution >= 4 is 40.1 Å². The molecule has 9 heteroatoms. The van der Waals surface area contributed by atoms with Crippen LogP contribution >= 0.6 is 11.6 Å². The summed E-state index contributed by atoms with van der Waals surface area (Å²) >= 11 is 6.28. The number of aromatic nitrogens is 1. The molecule has 0 unspecified atom stereocenters. The Morgan fingerprint density at radius 1 is 1.17 bits per heavy atom. The Kier molecular flexibility index (Phi) is 5.98. The van der Waals surface area contributed by atoms with Crippen LogP contribution in [0.3, 0.4) is 0 Å². The lowest BCUT2D eigenvalue weighted by atomic mass is 9.99. The normalized spacial score (nSPS) is 10.8. The van der Waals surface area contributed by atoms with E-state index in [4.69, 9.17) is 16.7 Å². The number of carbonyl (C=O) groups excluding carboxylic acids is 1. The molecule has 0 spiro atoms. The Labute approximate surface area is 176 Å². The average molecular weight is 430 g/mol. The summed E-state index contributed by atoms with van der Waals surface area (Å²) in [6.45, 7) is -0.675. The number of hydrogen-bond donors (Lipinski definition) is 4. The summed E-state index contributed by atoms with van der Waals surface area (Å²) in [6, 6.07) is 10.8. The minimum Gasteiger partial charge on any atom is -0.506 e. The first kappa shape index (κ1) is 21.2. The summed E-state index contributed by atoms with van der Waals surface area (Å²) in [5.41, 5.74) is 1.29. The first-order chi connectivity index (χ1) is 14.2. The monoisotopic (exact) mass is 429 g/mol. The number of nitrogens with one attached hydrogen (secondary N) is 2. The zero-order valence-electron chi connectivity index (χ0n) is 16.3. The SMILES string of the molecule is CN(C)c1cc(Cc2ccccc2Cl)c2[nH]c(=O)c(C(=O)NCC(=O)O)c(O)c2c1. The van der Waals surface area contributed by atoms with Crippen LogP contribution in [-0.4, -0.2) is 47.7 Å². The highest BCUT2D eigenvalue weighted by molar-refractivity contribution is 6.31. The molecule has 30 heavy (non-hydrogen) atoms. The van der Waals surface area contributed by atoms with Crippen LogP contribution in [0.5, 0.6) is 5.75 Å². The second kappa shape index (κ2) is 8.46. The number of aromatic hydroxyl groups is 1. The fraction of sp³-hybridized carbons (Fsp3) is 0.190. The van der Waals surface area contributed by atoms with E-state index in [1.807, 2.05) is 43.3 Å². The van der Waals surface area contributed by atoms with Gasteiger partial charge < -0.3 is 25.4 Å². The number of carbonyl (C=O) groups is 2. The van der Waals surface area contributed by atoms with E-state index in [1.165, 1.54) is 0 Å². The number of pyridine rings is 1. The number of anilines is 1. The smallest absolute Gasteiger partial charge is 0.322 e. The molecular formula is C21H20ClN3O5. The highest BCUT2D eigenvalue weighted by atomic mass is 35.5. The van der Waals surface area contributed by atoms with Crippen LogP contribution in [0.25, 0.3) is 10.9 Å². The zero-order chi connectivity index (χ0) is 22.0. The predicted octanol–water partition coefficient (Wildman–Crippen LogP) is 2.36. The first-order valence-corrected chi connectivity index (χ1v) is 9.39. The summed E-state index contributed by atoms with van der Waals surface area (Å²) in [5, 5.41) is 22.4. The molecule has 1 amide bonds. The molecule has 0 aliphatic carbocycles. The number of amides is 1. The molecule has 3 aromatic rings. The summed E-state index contributed by atoms with van der Waals surface area (Å²) in [5.74, 6) is -2.75. The van der Waals surface area contributed by atoms with Gasteiger partial charge in [0.05, 0.1) is 5.52 Å². The zero-order valence-corrected chi connectivity index (χ0v) is 17.1. The van der Waals surface area contributed by atoms with Crippen molar-refractivity contribution in [1.29, 1.82) is 0 Å². The van der Waals surface area contributed by atoms with Crippen LogP contribution in [-0.2, 0) is 11.2 Å². The number of carboxylic acid groups (broad SMARTS) is 1. The molecule has 8 nitrogen and oxygen atoms in total. The molecule has 3 rings (SSSR count). The lowest BCUT2D eigenvalue weighted by molar-refractivity contribution is -0.135. The van der Waals surface area contributed by atoms with Gasteiger partial charge in [-0.3, -0.25) is 14.4 Å². The molecule has 0 aliphatic rings. The first-order valence-electron chi connectivity index (χ1n) is 9.01. The van der Waals surface area contributed by atoms with Gasteiger partial charge in [-0.2, -0.15) is 0 Å². The number of fused-ring (bicyclic) bond motifs is 1. The van der Waals surface area contributed by atoms with Crippen molar-refractivity contribution in [3.63, 3.8) is 0 Å². The maximum absolute atomic E-state index is 12.6. The van der Waals surface area contributed by atoms with Crippen LogP contribution in [0.15, 0.2) is 41.2 Å². The highest BCUT2D eigenvalue weighted by Crippen LogP contribution is 2.33. The van der Waals surface area contributed by atoms with Gasteiger partial charge in [0, 0.05) is 36.6 Å². The number of benzene rings is 2. The number of H-pyrrole nitrogens is 1. The van der Waals surface area contributed by atoms with Crippen molar-refractivity contribution in [2.75, 3.05) is 25.5 Å². The summed E-state index contributed by atoms with van der Waals surface area (Å²) < 4.78 is 0. The van der Waals surface area contributed by atoms with Gasteiger partial charge in [0.25, 0.3) is 11.5 Å². The van der Waals surface area contributed by atoms with Crippen molar-refractivity contribution in [2.24, 2.45) is 0 Å². The Morgan fingerprint density at radius 3 is 2.50 bits per heavy atom. The quantitative estimate of drug-likeness (QED) is 0.477. The lowest BCUT2D eigenvalue weighted by Gasteiger charge is -2.18. The van der Waals surface area contributed by atoms with Gasteiger partial charge in [0.2, 0.25) is 0 Å². The average Bonchev–Trinajstić information content (AvgIpc) is 2.68. The van der Waals surface area contributed by atoms with Crippen LogP contribution in [0.4, 0.5) is 5.69 Å². The second-order valence-electron chi connectivity index (χ2n) is 6.94. The molecule has 0 saturated carbocycles. The third kappa shape index (κ3) is 4.23. The van der Waals surface area contributed by atoms with E-state index in [0.29, 0.717) is 22.5 Å². The number of halogens is 1. The van der Waals surface area contributed by atoms with E-state index in [-0.39, 0.29) is 5.39 Å². The summed E-state index contributed by atoms with van der Waals surface area (Å²) in [4.78, 5) is 40.0. The van der Waals surface area contributed by atoms with E-state index < -0.39 is 35.3 Å². The van der Waals surface area contributed by atoms with Crippen molar-refractivity contribution in [1.82, 2.24) is 10.3 Å². The third-order valence-corrected chi connectivity index (χ3v) is 5.01. The Bertz CT molecular complexity index is 1200. The highest BCUT2D eigenvalue weighted by Gasteiger charge is 2.22. The van der Waals surface area contributed by atoms with Gasteiger partial charge in [-0.15, -0.1) is 0 Å². The van der Waals surface area contributed by atoms with Crippen molar-refractivity contribution < 1.29 is 19.8 Å². The number of aromatic amines is 1. The number of nitrogens with zero attached hydrogens (tertiary/aromatic N) is 1. The molecule has 0 fully saturated rings. The topological polar surface area (TPSA) is 123 Å². The molecule has 0 atom stereocenters. The van der Waals surface area contributed by atoms with E-state index in [1.54, 1.807) is 12.1 Å². The molecule has 0 radical (unpaired) electrons. The fourth-order valence-corrected chi connectivity index (χ4v) is 3.34. The van der Waals surface area contributed by atoms with Crippen LogP contribution in [0.1, 0.15) is 21.5 Å². The van der Waals surface area contributed by atoms with Crippen LogP contribution in [0, 0.1) is 0 Å². The minimum atomic E-state index is -1.27. The largest absolute Gasteiger partial charge is 0.506 e. The molecule has 156 valence electrons. The Balaban J connectivity index is 2.20. The fourth-order valence-electron chi connectivity index (χ4n) is 3.14. The van der Waals surface area contributed by atoms with Crippen LogP contribution in [0.2, 0.25) is 5.02 Å². The molecular weight excluding hydrogens is 410 g/mol. The molecule has 2 aromatic carbocycles. The minimum absolute atomic E-state index is 0.267. The summed E-state index contributed by atoms with van der Waals surface area (Å²) in [6.07, 6.45) is 0.387. The van der Waals surface area contributed by atoms with Crippen LogP contribution < -0.4 is 15.8 Å². The van der Waals surface area contributed by atoms with Crippen molar-refractivity contribution in [3.8, 4) is 5.75 Å². The molecule has 0 bridgehead atoms. The maximum Gasteiger partial charge on any atom is 0.322 e. The van der Waals surface area contributed by atoms with Gasteiger partial charge in [0.15, 0.2) is 0 Å². The van der Waals surface area contributed by atoms with E-state index >= 15 is 0 Å². The Hall–Kier alpha value is -3.52. The number of hydrogen-bond acceptors (Lipinski definition) is 5. The predicted molar refractivity (Wildman–Crippen MR) is 115 cm³/mol. The number of aliphatic carboxylic acids is 1. The van der Waals surface area contributed by atoms with E-state index in [2.05, 4.69) is 10.3 Å². The molecule has 4 N–H and O–H groups in total. The molecule has 1 heterocycles.